The first-order chi connectivity index (χ1) is 7.00. The highest BCUT2D eigenvalue weighted by molar-refractivity contribution is 5.92. The molecular formula is C9H10N4O2. The minimum atomic E-state index is -0.323. The van der Waals surface area contributed by atoms with Gasteiger partial charge in [0.1, 0.15) is 5.39 Å². The van der Waals surface area contributed by atoms with Crippen LogP contribution in [0.15, 0.2) is 4.79 Å². The van der Waals surface area contributed by atoms with Gasteiger partial charge >= 0.3 is 0 Å². The lowest BCUT2D eigenvalue weighted by atomic mass is 10.3. The number of aromatic amines is 1. The first-order valence-electron chi connectivity index (χ1n) is 4.45. The molecule has 1 N–H and O–H groups in total. The predicted molar refractivity (Wildman–Crippen MR) is 53.9 cm³/mol. The lowest BCUT2D eigenvalue weighted by molar-refractivity contribution is 0.100. The fourth-order valence-electron chi connectivity index (χ4n) is 1.51. The van der Waals surface area contributed by atoms with E-state index < -0.39 is 0 Å². The van der Waals surface area contributed by atoms with Crippen LogP contribution in [0.1, 0.15) is 23.2 Å². The molecule has 0 aromatic carbocycles. The number of aromatic nitrogens is 4. The van der Waals surface area contributed by atoms with Gasteiger partial charge in [0.15, 0.2) is 17.3 Å². The number of ketones is 1. The first kappa shape index (κ1) is 9.57. The second kappa shape index (κ2) is 3.01. The van der Waals surface area contributed by atoms with E-state index >= 15 is 0 Å². The Balaban J connectivity index is 2.94. The van der Waals surface area contributed by atoms with Crippen molar-refractivity contribution < 1.29 is 4.79 Å². The summed E-state index contributed by atoms with van der Waals surface area (Å²) in [6, 6.07) is 0. The number of hydrogen-bond acceptors (Lipinski definition) is 4. The van der Waals surface area contributed by atoms with E-state index in [1.54, 1.807) is 14.0 Å². The van der Waals surface area contributed by atoms with Crippen LogP contribution in [0, 0.1) is 6.92 Å². The summed E-state index contributed by atoms with van der Waals surface area (Å²) in [4.78, 5) is 29.2. The number of carbonyl (C=O) groups is 1. The van der Waals surface area contributed by atoms with Gasteiger partial charge < -0.3 is 4.98 Å². The molecule has 2 heterocycles. The minimum absolute atomic E-state index is 0.0653. The van der Waals surface area contributed by atoms with Crippen LogP contribution in [0.4, 0.5) is 0 Å². The van der Waals surface area contributed by atoms with Crippen LogP contribution < -0.4 is 5.56 Å². The van der Waals surface area contributed by atoms with E-state index in [0.717, 1.165) is 0 Å². The highest BCUT2D eigenvalue weighted by atomic mass is 16.1. The van der Waals surface area contributed by atoms with Crippen molar-refractivity contribution in [3.05, 3.63) is 21.9 Å². The van der Waals surface area contributed by atoms with Crippen LogP contribution in [-0.2, 0) is 7.05 Å². The molecule has 0 amide bonds. The summed E-state index contributed by atoms with van der Waals surface area (Å²) in [5.74, 6) is -0.205. The van der Waals surface area contributed by atoms with Crippen molar-refractivity contribution in [2.75, 3.05) is 0 Å². The van der Waals surface area contributed by atoms with Gasteiger partial charge in [-0.15, -0.1) is 0 Å². The highest BCUT2D eigenvalue weighted by Gasteiger charge is 2.13. The number of nitrogens with zero attached hydrogens (tertiary/aromatic N) is 3. The summed E-state index contributed by atoms with van der Waals surface area (Å²) in [6.45, 7) is 3.08. The Labute approximate surface area is 84.9 Å². The standard InChI is InChI=1S/C9H10N4O2/c1-4-6-8(13(3)12-4)10-7(5(2)14)11-9(6)15/h1-3H3,(H,10,11,15). The zero-order valence-corrected chi connectivity index (χ0v) is 8.66. The molecule has 2 rings (SSSR count). The predicted octanol–water partition coefficient (Wildman–Crippen LogP) is 0.168. The lowest BCUT2D eigenvalue weighted by Gasteiger charge is -1.96. The molecule has 78 valence electrons. The zero-order valence-electron chi connectivity index (χ0n) is 8.66. The third kappa shape index (κ3) is 1.34. The molecule has 6 nitrogen and oxygen atoms in total. The van der Waals surface area contributed by atoms with Gasteiger partial charge in [0, 0.05) is 14.0 Å². The van der Waals surface area contributed by atoms with Gasteiger partial charge in [0.2, 0.25) is 0 Å². The van der Waals surface area contributed by atoms with E-state index in [0.29, 0.717) is 16.7 Å². The normalized spacial score (nSPS) is 10.9. The minimum Gasteiger partial charge on any atom is -0.303 e. The van der Waals surface area contributed by atoms with E-state index in [2.05, 4.69) is 15.1 Å². The van der Waals surface area contributed by atoms with E-state index in [4.69, 9.17) is 0 Å². The summed E-state index contributed by atoms with van der Waals surface area (Å²) in [6.07, 6.45) is 0. The van der Waals surface area contributed by atoms with Crippen molar-refractivity contribution in [1.29, 1.82) is 0 Å². The van der Waals surface area contributed by atoms with Gasteiger partial charge in [-0.2, -0.15) is 5.10 Å². The fourth-order valence-corrected chi connectivity index (χ4v) is 1.51. The van der Waals surface area contributed by atoms with Crippen molar-refractivity contribution in [3.8, 4) is 0 Å². The van der Waals surface area contributed by atoms with Crippen molar-refractivity contribution in [2.24, 2.45) is 7.05 Å². The average molecular weight is 206 g/mol. The van der Waals surface area contributed by atoms with Crippen LogP contribution in [0.5, 0.6) is 0 Å². The maximum atomic E-state index is 11.6. The van der Waals surface area contributed by atoms with Crippen molar-refractivity contribution in [3.63, 3.8) is 0 Å². The Morgan fingerprint density at radius 1 is 1.47 bits per heavy atom. The summed E-state index contributed by atoms with van der Waals surface area (Å²) < 4.78 is 1.49. The molecule has 2 aromatic heterocycles. The SMILES string of the molecule is CC(=O)c1nc2c(c(C)nn2C)c(=O)[nH]1. The Morgan fingerprint density at radius 3 is 2.73 bits per heavy atom. The van der Waals surface area contributed by atoms with Gasteiger partial charge in [0.25, 0.3) is 5.56 Å². The molecule has 0 fully saturated rings. The molecule has 0 aliphatic carbocycles. The molecule has 0 radical (unpaired) electrons. The molecule has 15 heavy (non-hydrogen) atoms. The zero-order chi connectivity index (χ0) is 11.2. The third-order valence-electron chi connectivity index (χ3n) is 2.20. The second-order valence-electron chi connectivity index (χ2n) is 3.38. The molecule has 0 aliphatic rings. The van der Waals surface area contributed by atoms with Gasteiger partial charge in [-0.3, -0.25) is 9.59 Å². The molecule has 6 heteroatoms. The number of carbonyl (C=O) groups excluding carboxylic acids is 1. The monoisotopic (exact) mass is 206 g/mol. The third-order valence-corrected chi connectivity index (χ3v) is 2.20. The smallest absolute Gasteiger partial charge is 0.262 e. The maximum Gasteiger partial charge on any atom is 0.262 e. The number of fused-ring (bicyclic) bond motifs is 1. The summed E-state index contributed by atoms with van der Waals surface area (Å²) in [7, 11) is 1.69. The van der Waals surface area contributed by atoms with Gasteiger partial charge in [-0.25, -0.2) is 9.67 Å². The molecule has 0 saturated carbocycles. The van der Waals surface area contributed by atoms with Crippen molar-refractivity contribution >= 4 is 16.8 Å². The molecular weight excluding hydrogens is 196 g/mol. The highest BCUT2D eigenvalue weighted by Crippen LogP contribution is 2.09. The second-order valence-corrected chi connectivity index (χ2v) is 3.38. The average Bonchev–Trinajstić information content (AvgIpc) is 2.42. The number of H-pyrrole nitrogens is 1. The van der Waals surface area contributed by atoms with Gasteiger partial charge in [-0.05, 0) is 6.92 Å². The summed E-state index contributed by atoms with van der Waals surface area (Å²) in [5.41, 5.74) is 0.716. The number of Topliss-reactive ketones (excluding diaryl/α,β-unsaturated/α-hetero) is 1. The van der Waals surface area contributed by atoms with Crippen LogP contribution in [0.25, 0.3) is 11.0 Å². The van der Waals surface area contributed by atoms with Crippen LogP contribution >= 0.6 is 0 Å². The molecule has 2 aromatic rings. The van der Waals surface area contributed by atoms with Gasteiger partial charge in [0.05, 0.1) is 5.69 Å². The summed E-state index contributed by atoms with van der Waals surface area (Å²) in [5, 5.41) is 4.51. The fraction of sp³-hybridized carbons (Fsp3) is 0.333. The van der Waals surface area contributed by atoms with E-state index in [1.807, 2.05) is 0 Å². The van der Waals surface area contributed by atoms with Crippen LogP contribution in [0.2, 0.25) is 0 Å². The van der Waals surface area contributed by atoms with Gasteiger partial charge in [-0.1, -0.05) is 0 Å². The molecule has 0 unspecified atom stereocenters. The van der Waals surface area contributed by atoms with Crippen LogP contribution in [0.3, 0.4) is 0 Å². The lowest BCUT2D eigenvalue weighted by Crippen LogP contribution is -2.14. The molecule has 0 spiro atoms. The molecule has 0 bridgehead atoms. The first-order valence-corrected chi connectivity index (χ1v) is 4.45. The molecule has 0 aliphatic heterocycles. The molecule has 0 saturated heterocycles. The van der Waals surface area contributed by atoms with E-state index in [1.165, 1.54) is 11.6 Å². The Hall–Kier alpha value is -1.98. The van der Waals surface area contributed by atoms with Crippen molar-refractivity contribution in [2.45, 2.75) is 13.8 Å². The van der Waals surface area contributed by atoms with E-state index in [-0.39, 0.29) is 17.2 Å². The summed E-state index contributed by atoms with van der Waals surface area (Å²) >= 11 is 0. The number of rotatable bonds is 1. The number of aryl methyl sites for hydroxylation is 2. The number of hydrogen-bond donors (Lipinski definition) is 1. The maximum absolute atomic E-state index is 11.6. The van der Waals surface area contributed by atoms with E-state index in [9.17, 15) is 9.59 Å². The topological polar surface area (TPSA) is 80.6 Å². The number of nitrogens with one attached hydrogen (secondary N) is 1. The quantitative estimate of drug-likeness (QED) is 0.674. The Kier molecular flexibility index (Phi) is 1.92. The Morgan fingerprint density at radius 2 is 2.13 bits per heavy atom. The van der Waals surface area contributed by atoms with Crippen LogP contribution in [-0.4, -0.2) is 25.5 Å². The molecule has 0 atom stereocenters. The van der Waals surface area contributed by atoms with Crippen molar-refractivity contribution in [1.82, 2.24) is 19.7 Å². The Bertz CT molecular complexity index is 608. The largest absolute Gasteiger partial charge is 0.303 e.